The molecule has 0 atom stereocenters. The molecule has 0 saturated heterocycles. The Balaban J connectivity index is 1.77. The molecule has 2 aromatic rings. The molecule has 0 fully saturated rings. The van der Waals surface area contributed by atoms with Crippen molar-refractivity contribution in [2.45, 2.75) is 11.8 Å². The van der Waals surface area contributed by atoms with E-state index in [0.717, 1.165) is 11.5 Å². The molecular weight excluding hydrogens is 284 g/mol. The van der Waals surface area contributed by atoms with Crippen molar-refractivity contribution in [3.8, 4) is 5.75 Å². The first kappa shape index (κ1) is 15.3. The molecule has 0 bridgehead atoms. The van der Waals surface area contributed by atoms with Crippen LogP contribution in [0.5, 0.6) is 5.75 Å². The maximum atomic E-state index is 8.59. The Bertz CT molecular complexity index is 595. The molecule has 110 valence electrons. The minimum Gasteiger partial charge on any atom is -0.493 e. The number of aryl methyl sites for hydroxylation is 1. The first-order chi connectivity index (χ1) is 10.2. The fraction of sp³-hybridized carbons (Fsp3) is 0.188. The van der Waals surface area contributed by atoms with Crippen LogP contribution in [0.4, 0.5) is 0 Å². The highest BCUT2D eigenvalue weighted by Gasteiger charge is 2.00. The summed E-state index contributed by atoms with van der Waals surface area (Å²) in [4.78, 5) is 1.24. The van der Waals surface area contributed by atoms with E-state index in [9.17, 15) is 0 Å². The van der Waals surface area contributed by atoms with Gasteiger partial charge in [-0.3, -0.25) is 0 Å². The van der Waals surface area contributed by atoms with Crippen molar-refractivity contribution in [1.29, 1.82) is 0 Å². The van der Waals surface area contributed by atoms with Crippen LogP contribution in [0.15, 0.2) is 58.6 Å². The Kier molecular flexibility index (Phi) is 5.51. The summed E-state index contributed by atoms with van der Waals surface area (Å²) in [6, 6.07) is 15.6. The second-order valence-electron chi connectivity index (χ2n) is 4.52. The van der Waals surface area contributed by atoms with Gasteiger partial charge in [-0.1, -0.05) is 22.9 Å². The van der Waals surface area contributed by atoms with Crippen LogP contribution in [0.2, 0.25) is 0 Å². The Morgan fingerprint density at radius 3 is 2.43 bits per heavy atom. The SMILES string of the molecule is Cc1ccc(SCCOc2ccc(/C(N)=N/O)cc2)cc1. The van der Waals surface area contributed by atoms with Gasteiger partial charge in [0.2, 0.25) is 0 Å². The van der Waals surface area contributed by atoms with Gasteiger partial charge < -0.3 is 15.7 Å². The maximum Gasteiger partial charge on any atom is 0.170 e. The Labute approximate surface area is 128 Å². The molecular formula is C16H18N2O2S. The summed E-state index contributed by atoms with van der Waals surface area (Å²) in [6.45, 7) is 2.71. The fourth-order valence-electron chi connectivity index (χ4n) is 1.73. The van der Waals surface area contributed by atoms with Gasteiger partial charge in [0, 0.05) is 16.2 Å². The average Bonchev–Trinajstić information content (AvgIpc) is 2.53. The molecule has 3 N–H and O–H groups in total. The third-order valence-electron chi connectivity index (χ3n) is 2.90. The van der Waals surface area contributed by atoms with E-state index in [2.05, 4.69) is 36.3 Å². The molecule has 0 aromatic heterocycles. The number of nitrogens with zero attached hydrogens (tertiary/aromatic N) is 1. The quantitative estimate of drug-likeness (QED) is 0.215. The highest BCUT2D eigenvalue weighted by molar-refractivity contribution is 7.99. The number of rotatable bonds is 6. The van der Waals surface area contributed by atoms with Gasteiger partial charge in [0.25, 0.3) is 0 Å². The number of benzene rings is 2. The van der Waals surface area contributed by atoms with Crippen molar-refractivity contribution in [3.63, 3.8) is 0 Å². The van der Waals surface area contributed by atoms with Gasteiger partial charge in [0.15, 0.2) is 5.84 Å². The summed E-state index contributed by atoms with van der Waals surface area (Å²) in [5.41, 5.74) is 7.43. The largest absolute Gasteiger partial charge is 0.493 e. The number of thioether (sulfide) groups is 1. The van der Waals surface area contributed by atoms with Gasteiger partial charge >= 0.3 is 0 Å². The van der Waals surface area contributed by atoms with Crippen LogP contribution in [-0.4, -0.2) is 23.4 Å². The van der Waals surface area contributed by atoms with Gasteiger partial charge in [0.1, 0.15) is 5.75 Å². The lowest BCUT2D eigenvalue weighted by molar-refractivity contribution is 0.318. The molecule has 0 amide bonds. The second kappa shape index (κ2) is 7.59. The first-order valence-electron chi connectivity index (χ1n) is 6.59. The van der Waals surface area contributed by atoms with Crippen molar-refractivity contribution in [2.24, 2.45) is 10.9 Å². The monoisotopic (exact) mass is 302 g/mol. The van der Waals surface area contributed by atoms with Crippen molar-refractivity contribution in [3.05, 3.63) is 59.7 Å². The topological polar surface area (TPSA) is 67.8 Å². The first-order valence-corrected chi connectivity index (χ1v) is 7.58. The predicted octanol–water partition coefficient (Wildman–Crippen LogP) is 3.26. The van der Waals surface area contributed by atoms with E-state index in [1.54, 1.807) is 23.9 Å². The number of oxime groups is 1. The minimum absolute atomic E-state index is 0.0940. The van der Waals surface area contributed by atoms with Crippen LogP contribution < -0.4 is 10.5 Å². The van der Waals surface area contributed by atoms with Crippen LogP contribution in [0.3, 0.4) is 0 Å². The predicted molar refractivity (Wildman–Crippen MR) is 86.4 cm³/mol. The van der Waals surface area contributed by atoms with E-state index in [1.165, 1.54) is 10.5 Å². The van der Waals surface area contributed by atoms with Gasteiger partial charge in [-0.25, -0.2) is 0 Å². The van der Waals surface area contributed by atoms with Crippen molar-refractivity contribution < 1.29 is 9.94 Å². The molecule has 0 aliphatic rings. The molecule has 0 unspecified atom stereocenters. The lowest BCUT2D eigenvalue weighted by Gasteiger charge is -2.07. The number of nitrogens with two attached hydrogens (primary N) is 1. The normalized spacial score (nSPS) is 11.4. The summed E-state index contributed by atoms with van der Waals surface area (Å²) in [5.74, 6) is 1.75. The number of hydrogen-bond acceptors (Lipinski definition) is 4. The zero-order chi connectivity index (χ0) is 15.1. The van der Waals surface area contributed by atoms with Crippen molar-refractivity contribution in [2.75, 3.05) is 12.4 Å². The van der Waals surface area contributed by atoms with Gasteiger partial charge in [0.05, 0.1) is 6.61 Å². The Morgan fingerprint density at radius 1 is 1.14 bits per heavy atom. The van der Waals surface area contributed by atoms with E-state index in [1.807, 2.05) is 12.1 Å². The lowest BCUT2D eigenvalue weighted by atomic mass is 10.2. The summed E-state index contributed by atoms with van der Waals surface area (Å²) in [6.07, 6.45) is 0. The third kappa shape index (κ3) is 4.72. The van der Waals surface area contributed by atoms with E-state index >= 15 is 0 Å². The summed E-state index contributed by atoms with van der Waals surface area (Å²) < 4.78 is 5.66. The molecule has 4 nitrogen and oxygen atoms in total. The van der Waals surface area contributed by atoms with Crippen LogP contribution in [0.1, 0.15) is 11.1 Å². The van der Waals surface area contributed by atoms with Crippen LogP contribution >= 0.6 is 11.8 Å². The summed E-state index contributed by atoms with van der Waals surface area (Å²) >= 11 is 1.76. The van der Waals surface area contributed by atoms with E-state index in [4.69, 9.17) is 15.7 Å². The summed E-state index contributed by atoms with van der Waals surface area (Å²) in [7, 11) is 0. The lowest BCUT2D eigenvalue weighted by Crippen LogP contribution is -2.12. The average molecular weight is 302 g/mol. The van der Waals surface area contributed by atoms with E-state index in [0.29, 0.717) is 12.2 Å². The molecule has 2 aromatic carbocycles. The minimum atomic E-state index is 0.0940. The molecule has 0 radical (unpaired) electrons. The Hall–Kier alpha value is -2.14. The van der Waals surface area contributed by atoms with Crippen LogP contribution in [-0.2, 0) is 0 Å². The number of ether oxygens (including phenoxy) is 1. The molecule has 0 heterocycles. The summed E-state index contributed by atoms with van der Waals surface area (Å²) in [5, 5.41) is 11.5. The van der Waals surface area contributed by atoms with Gasteiger partial charge in [-0.2, -0.15) is 0 Å². The van der Waals surface area contributed by atoms with Crippen LogP contribution in [0, 0.1) is 6.92 Å². The highest BCUT2D eigenvalue weighted by atomic mass is 32.2. The zero-order valence-corrected chi connectivity index (χ0v) is 12.6. The van der Waals surface area contributed by atoms with Crippen molar-refractivity contribution in [1.82, 2.24) is 0 Å². The van der Waals surface area contributed by atoms with Crippen molar-refractivity contribution >= 4 is 17.6 Å². The third-order valence-corrected chi connectivity index (χ3v) is 3.88. The number of hydrogen-bond donors (Lipinski definition) is 2. The smallest absolute Gasteiger partial charge is 0.170 e. The highest BCUT2D eigenvalue weighted by Crippen LogP contribution is 2.19. The standard InChI is InChI=1S/C16H18N2O2S/c1-12-2-8-15(9-3-12)21-11-10-20-14-6-4-13(5-7-14)16(17)18-19/h2-9,19H,10-11H2,1H3,(H2,17,18). The van der Waals surface area contributed by atoms with Crippen LogP contribution in [0.25, 0.3) is 0 Å². The molecule has 0 saturated carbocycles. The fourth-order valence-corrected chi connectivity index (χ4v) is 2.46. The van der Waals surface area contributed by atoms with E-state index in [-0.39, 0.29) is 5.84 Å². The Morgan fingerprint density at radius 2 is 1.81 bits per heavy atom. The maximum absolute atomic E-state index is 8.59. The molecule has 5 heteroatoms. The van der Waals surface area contributed by atoms with Gasteiger partial charge in [-0.05, 0) is 43.3 Å². The molecule has 0 aliphatic heterocycles. The van der Waals surface area contributed by atoms with E-state index < -0.39 is 0 Å². The molecule has 0 spiro atoms. The second-order valence-corrected chi connectivity index (χ2v) is 5.69. The molecule has 21 heavy (non-hydrogen) atoms. The zero-order valence-electron chi connectivity index (χ0n) is 11.8. The molecule has 2 rings (SSSR count). The number of amidine groups is 1. The molecule has 0 aliphatic carbocycles. The van der Waals surface area contributed by atoms with Gasteiger partial charge in [-0.15, -0.1) is 11.8 Å².